The van der Waals surface area contributed by atoms with Crippen LogP contribution in [0.5, 0.6) is 5.75 Å². The van der Waals surface area contributed by atoms with Crippen molar-refractivity contribution >= 4 is 12.4 Å². The van der Waals surface area contributed by atoms with Crippen molar-refractivity contribution in [2.45, 2.75) is 19.6 Å². The normalized spacial score (nSPS) is 10.2. The van der Waals surface area contributed by atoms with Gasteiger partial charge in [0.1, 0.15) is 18.2 Å². The topological polar surface area (TPSA) is 21.3 Å². The highest BCUT2D eigenvalue weighted by atomic mass is 35.5. The summed E-state index contributed by atoms with van der Waals surface area (Å²) < 4.78 is 18.9. The van der Waals surface area contributed by atoms with Gasteiger partial charge in [-0.1, -0.05) is 60.7 Å². The van der Waals surface area contributed by atoms with Crippen molar-refractivity contribution in [3.8, 4) is 5.75 Å². The number of para-hydroxylation sites is 1. The van der Waals surface area contributed by atoms with Crippen LogP contribution in [0.4, 0.5) is 4.39 Å². The number of rotatable bonds is 8. The number of ether oxygens (including phenoxy) is 1. The van der Waals surface area contributed by atoms with E-state index < -0.39 is 0 Å². The Morgan fingerprint density at radius 3 is 2.23 bits per heavy atom. The maximum absolute atomic E-state index is 13.0. The standard InChI is InChI=1S/C22H22FNO.ClH/c23-21-12-10-19(11-13-21)17-25-22-9-5-4-8-20(22)16-24-15-14-18-6-2-1-3-7-18;/h1-13,24H,14-17H2;1H. The molecule has 1 N–H and O–H groups in total. The van der Waals surface area contributed by atoms with Gasteiger partial charge in [0.2, 0.25) is 0 Å². The van der Waals surface area contributed by atoms with Gasteiger partial charge in [-0.05, 0) is 42.3 Å². The molecule has 3 aromatic rings. The van der Waals surface area contributed by atoms with Gasteiger partial charge in [-0.3, -0.25) is 0 Å². The largest absolute Gasteiger partial charge is 0.489 e. The minimum Gasteiger partial charge on any atom is -0.489 e. The molecule has 0 spiro atoms. The molecule has 0 amide bonds. The highest BCUT2D eigenvalue weighted by Gasteiger charge is 2.03. The second-order valence-corrected chi connectivity index (χ2v) is 5.94. The summed E-state index contributed by atoms with van der Waals surface area (Å²) in [5.74, 6) is 0.630. The maximum Gasteiger partial charge on any atom is 0.124 e. The summed E-state index contributed by atoms with van der Waals surface area (Å²) in [6, 6.07) is 24.9. The first-order valence-electron chi connectivity index (χ1n) is 8.51. The zero-order valence-corrected chi connectivity index (χ0v) is 15.3. The van der Waals surface area contributed by atoms with Crippen LogP contribution in [0, 0.1) is 5.82 Å². The van der Waals surface area contributed by atoms with E-state index >= 15 is 0 Å². The molecule has 3 aromatic carbocycles. The SMILES string of the molecule is Cl.Fc1ccc(COc2ccccc2CNCCc2ccccc2)cc1. The van der Waals surface area contributed by atoms with Gasteiger partial charge in [-0.25, -0.2) is 4.39 Å². The van der Waals surface area contributed by atoms with E-state index in [2.05, 4.69) is 35.6 Å². The summed E-state index contributed by atoms with van der Waals surface area (Å²) in [6.07, 6.45) is 0.999. The van der Waals surface area contributed by atoms with Crippen LogP contribution in [-0.4, -0.2) is 6.54 Å². The molecular weight excluding hydrogens is 349 g/mol. The van der Waals surface area contributed by atoms with Gasteiger partial charge in [-0.2, -0.15) is 0 Å². The number of benzene rings is 3. The van der Waals surface area contributed by atoms with Crippen LogP contribution in [-0.2, 0) is 19.6 Å². The minimum absolute atomic E-state index is 0. The fourth-order valence-electron chi connectivity index (χ4n) is 2.63. The molecule has 0 saturated carbocycles. The van der Waals surface area contributed by atoms with Crippen LogP contribution in [0.3, 0.4) is 0 Å². The van der Waals surface area contributed by atoms with E-state index in [9.17, 15) is 4.39 Å². The van der Waals surface area contributed by atoms with Crippen molar-refractivity contribution in [2.75, 3.05) is 6.54 Å². The second kappa shape index (κ2) is 10.6. The van der Waals surface area contributed by atoms with Gasteiger partial charge < -0.3 is 10.1 Å². The van der Waals surface area contributed by atoms with Gasteiger partial charge in [0.15, 0.2) is 0 Å². The summed E-state index contributed by atoms with van der Waals surface area (Å²) in [6.45, 7) is 2.10. The Balaban J connectivity index is 0.00000243. The molecule has 0 saturated heterocycles. The summed E-state index contributed by atoms with van der Waals surface area (Å²) >= 11 is 0. The van der Waals surface area contributed by atoms with E-state index in [4.69, 9.17) is 4.74 Å². The molecule has 0 fully saturated rings. The lowest BCUT2D eigenvalue weighted by Gasteiger charge is -2.12. The van der Waals surface area contributed by atoms with E-state index in [1.807, 2.05) is 24.3 Å². The highest BCUT2D eigenvalue weighted by Crippen LogP contribution is 2.19. The smallest absolute Gasteiger partial charge is 0.124 e. The number of nitrogens with one attached hydrogen (secondary N) is 1. The Morgan fingerprint density at radius 1 is 0.769 bits per heavy atom. The predicted molar refractivity (Wildman–Crippen MR) is 106 cm³/mol. The van der Waals surface area contributed by atoms with Crippen molar-refractivity contribution in [3.05, 3.63) is 101 Å². The number of hydrogen-bond donors (Lipinski definition) is 1. The summed E-state index contributed by atoms with van der Waals surface area (Å²) in [7, 11) is 0. The van der Waals surface area contributed by atoms with E-state index in [1.165, 1.54) is 17.7 Å². The lowest BCUT2D eigenvalue weighted by atomic mass is 10.1. The Hall–Kier alpha value is -2.36. The quantitative estimate of drug-likeness (QED) is 0.552. The van der Waals surface area contributed by atoms with Gasteiger partial charge in [-0.15, -0.1) is 12.4 Å². The molecule has 0 radical (unpaired) electrons. The van der Waals surface area contributed by atoms with E-state index in [1.54, 1.807) is 12.1 Å². The molecule has 0 bridgehead atoms. The zero-order valence-electron chi connectivity index (χ0n) is 14.5. The van der Waals surface area contributed by atoms with Crippen LogP contribution < -0.4 is 10.1 Å². The molecule has 136 valence electrons. The lowest BCUT2D eigenvalue weighted by Crippen LogP contribution is -2.17. The van der Waals surface area contributed by atoms with Crippen LogP contribution in [0.1, 0.15) is 16.7 Å². The van der Waals surface area contributed by atoms with Crippen molar-refractivity contribution in [1.29, 1.82) is 0 Å². The zero-order chi connectivity index (χ0) is 17.3. The fraction of sp³-hybridized carbons (Fsp3) is 0.182. The van der Waals surface area contributed by atoms with Crippen molar-refractivity contribution in [3.63, 3.8) is 0 Å². The third-order valence-electron chi connectivity index (χ3n) is 4.03. The Morgan fingerprint density at radius 2 is 1.46 bits per heavy atom. The highest BCUT2D eigenvalue weighted by molar-refractivity contribution is 5.85. The van der Waals surface area contributed by atoms with E-state index in [0.29, 0.717) is 6.61 Å². The van der Waals surface area contributed by atoms with Gasteiger partial charge >= 0.3 is 0 Å². The first-order chi connectivity index (χ1) is 12.3. The lowest BCUT2D eigenvalue weighted by molar-refractivity contribution is 0.302. The monoisotopic (exact) mass is 371 g/mol. The molecule has 0 aliphatic carbocycles. The predicted octanol–water partition coefficient (Wildman–Crippen LogP) is 5.16. The van der Waals surface area contributed by atoms with Crippen molar-refractivity contribution in [1.82, 2.24) is 5.32 Å². The van der Waals surface area contributed by atoms with Gasteiger partial charge in [0.05, 0.1) is 0 Å². The van der Waals surface area contributed by atoms with Crippen molar-refractivity contribution < 1.29 is 9.13 Å². The molecule has 0 aliphatic heterocycles. The Bertz CT molecular complexity index is 778. The third kappa shape index (κ3) is 6.17. The van der Waals surface area contributed by atoms with Crippen LogP contribution in [0.2, 0.25) is 0 Å². The molecular formula is C22H23ClFNO. The summed E-state index contributed by atoms with van der Waals surface area (Å²) in [5, 5.41) is 3.47. The van der Waals surface area contributed by atoms with Crippen LogP contribution >= 0.6 is 12.4 Å². The molecule has 26 heavy (non-hydrogen) atoms. The first-order valence-corrected chi connectivity index (χ1v) is 8.51. The summed E-state index contributed by atoms with van der Waals surface area (Å²) in [4.78, 5) is 0. The molecule has 0 atom stereocenters. The molecule has 4 heteroatoms. The molecule has 0 heterocycles. The summed E-state index contributed by atoms with van der Waals surface area (Å²) in [5.41, 5.74) is 3.40. The number of halogens is 2. The molecule has 3 rings (SSSR count). The average Bonchev–Trinajstić information content (AvgIpc) is 2.66. The number of hydrogen-bond acceptors (Lipinski definition) is 2. The van der Waals surface area contributed by atoms with E-state index in [0.717, 1.165) is 36.4 Å². The molecule has 0 unspecified atom stereocenters. The third-order valence-corrected chi connectivity index (χ3v) is 4.03. The molecule has 2 nitrogen and oxygen atoms in total. The second-order valence-electron chi connectivity index (χ2n) is 5.94. The van der Waals surface area contributed by atoms with Gasteiger partial charge in [0, 0.05) is 12.1 Å². The van der Waals surface area contributed by atoms with E-state index in [-0.39, 0.29) is 18.2 Å². The maximum atomic E-state index is 13.0. The first kappa shape index (κ1) is 20.0. The van der Waals surface area contributed by atoms with Crippen molar-refractivity contribution in [2.24, 2.45) is 0 Å². The van der Waals surface area contributed by atoms with Crippen LogP contribution in [0.15, 0.2) is 78.9 Å². The molecule has 0 aliphatic rings. The Labute approximate surface area is 160 Å². The Kier molecular flexibility index (Phi) is 8.13. The fourth-order valence-corrected chi connectivity index (χ4v) is 2.63. The van der Waals surface area contributed by atoms with Crippen LogP contribution in [0.25, 0.3) is 0 Å². The average molecular weight is 372 g/mol. The minimum atomic E-state index is -0.230. The molecule has 0 aromatic heterocycles. The van der Waals surface area contributed by atoms with Gasteiger partial charge in [0.25, 0.3) is 0 Å².